The molecule has 2 aromatic rings. The number of rotatable bonds is 7. The average Bonchev–Trinajstić information content (AvgIpc) is 2.80. The van der Waals surface area contributed by atoms with E-state index in [9.17, 15) is 13.2 Å². The van der Waals surface area contributed by atoms with Crippen molar-refractivity contribution in [2.24, 2.45) is 0 Å². The first-order chi connectivity index (χ1) is 11.2. The topological polar surface area (TPSA) is 72.3 Å². The van der Waals surface area contributed by atoms with Crippen LogP contribution in [0.1, 0.15) is 19.7 Å². The van der Waals surface area contributed by atoms with Crippen LogP contribution in [0.4, 0.5) is 0 Å². The van der Waals surface area contributed by atoms with Crippen molar-refractivity contribution in [2.45, 2.75) is 26.1 Å². The first-order valence-electron chi connectivity index (χ1n) is 7.75. The average molecular weight is 349 g/mol. The predicted octanol–water partition coefficient (Wildman–Crippen LogP) is 2.01. The van der Waals surface area contributed by atoms with Crippen LogP contribution in [0.5, 0.6) is 0 Å². The molecule has 0 saturated carbocycles. The summed E-state index contributed by atoms with van der Waals surface area (Å²) in [7, 11) is -3.25. The van der Waals surface area contributed by atoms with Gasteiger partial charge in [0.2, 0.25) is 5.91 Å². The highest BCUT2D eigenvalue weighted by molar-refractivity contribution is 7.89. The number of para-hydroxylation sites is 2. The van der Waals surface area contributed by atoms with E-state index in [1.807, 2.05) is 38.1 Å². The van der Waals surface area contributed by atoms with Gasteiger partial charge in [0.15, 0.2) is 9.84 Å². The normalized spacial score (nSPS) is 11.6. The van der Waals surface area contributed by atoms with Gasteiger partial charge in [0, 0.05) is 19.3 Å². The van der Waals surface area contributed by atoms with E-state index >= 15 is 0 Å². The van der Waals surface area contributed by atoms with Crippen LogP contribution in [-0.4, -0.2) is 48.1 Å². The highest BCUT2D eigenvalue weighted by Gasteiger charge is 2.19. The zero-order valence-corrected chi connectivity index (χ0v) is 15.1. The maximum Gasteiger partial charge on any atom is 0.242 e. The van der Waals surface area contributed by atoms with Gasteiger partial charge < -0.3 is 9.47 Å². The molecule has 0 aliphatic rings. The van der Waals surface area contributed by atoms with Crippen molar-refractivity contribution in [3.63, 3.8) is 0 Å². The lowest BCUT2D eigenvalue weighted by molar-refractivity contribution is -0.131. The Bertz CT molecular complexity index is 868. The van der Waals surface area contributed by atoms with Gasteiger partial charge in [-0.15, -0.1) is 0 Å². The second kappa shape index (κ2) is 7.17. The van der Waals surface area contributed by atoms with E-state index in [1.165, 1.54) is 0 Å². The van der Waals surface area contributed by atoms with Gasteiger partial charge in [0.1, 0.15) is 18.1 Å². The number of carbonyl (C=O) groups excluding carboxylic acids is 1. The summed E-state index contributed by atoms with van der Waals surface area (Å²) < 4.78 is 25.1. The minimum Gasteiger partial charge on any atom is -0.337 e. The summed E-state index contributed by atoms with van der Waals surface area (Å²) in [4.78, 5) is 18.7. The summed E-state index contributed by atoms with van der Waals surface area (Å²) in [5, 5.41) is 0. The number of amides is 1. The maximum absolute atomic E-state index is 12.6. The second-order valence-electron chi connectivity index (χ2n) is 6.04. The summed E-state index contributed by atoms with van der Waals surface area (Å²) in [6.45, 7) is 8.75. The van der Waals surface area contributed by atoms with Crippen LogP contribution in [0.25, 0.3) is 11.0 Å². The van der Waals surface area contributed by atoms with E-state index in [-0.39, 0.29) is 18.2 Å². The Morgan fingerprint density at radius 2 is 2.00 bits per heavy atom. The van der Waals surface area contributed by atoms with Gasteiger partial charge in [-0.2, -0.15) is 0 Å². The number of hydrogen-bond donors (Lipinski definition) is 0. The Morgan fingerprint density at radius 3 is 2.58 bits per heavy atom. The van der Waals surface area contributed by atoms with Crippen molar-refractivity contribution in [3.05, 3.63) is 42.2 Å². The highest BCUT2D eigenvalue weighted by atomic mass is 32.2. The van der Waals surface area contributed by atoms with Crippen LogP contribution in [0.2, 0.25) is 0 Å². The van der Waals surface area contributed by atoms with Crippen molar-refractivity contribution in [1.29, 1.82) is 0 Å². The quantitative estimate of drug-likeness (QED) is 0.717. The molecule has 6 nitrogen and oxygen atoms in total. The minimum atomic E-state index is -3.25. The fourth-order valence-electron chi connectivity index (χ4n) is 2.58. The van der Waals surface area contributed by atoms with E-state index in [0.717, 1.165) is 17.3 Å². The summed E-state index contributed by atoms with van der Waals surface area (Å²) in [6.07, 6.45) is 1.16. The van der Waals surface area contributed by atoms with Crippen molar-refractivity contribution in [2.75, 3.05) is 19.3 Å². The van der Waals surface area contributed by atoms with E-state index in [0.29, 0.717) is 24.4 Å². The van der Waals surface area contributed by atoms with Gasteiger partial charge in [0.05, 0.1) is 11.0 Å². The zero-order valence-electron chi connectivity index (χ0n) is 14.3. The molecule has 130 valence electrons. The first kappa shape index (κ1) is 18.2. The smallest absolute Gasteiger partial charge is 0.242 e. The monoisotopic (exact) mass is 349 g/mol. The largest absolute Gasteiger partial charge is 0.337 e. The lowest BCUT2D eigenvalue weighted by atomic mass is 10.3. The molecule has 0 N–H and O–H groups in total. The third kappa shape index (κ3) is 4.44. The number of imidazole rings is 1. The molecular weight excluding hydrogens is 326 g/mol. The van der Waals surface area contributed by atoms with Crippen LogP contribution >= 0.6 is 0 Å². The summed E-state index contributed by atoms with van der Waals surface area (Å²) >= 11 is 0. The molecule has 1 heterocycles. The Balaban J connectivity index is 2.40. The van der Waals surface area contributed by atoms with Crippen molar-refractivity contribution in [1.82, 2.24) is 14.5 Å². The van der Waals surface area contributed by atoms with Gasteiger partial charge >= 0.3 is 0 Å². The molecule has 1 amide bonds. The van der Waals surface area contributed by atoms with Gasteiger partial charge in [-0.05, 0) is 26.0 Å². The van der Waals surface area contributed by atoms with Crippen molar-refractivity contribution < 1.29 is 13.2 Å². The van der Waals surface area contributed by atoms with Crippen molar-refractivity contribution in [3.8, 4) is 0 Å². The van der Waals surface area contributed by atoms with Crippen LogP contribution in [0.15, 0.2) is 36.4 Å². The fourth-order valence-corrected chi connectivity index (χ4v) is 3.27. The summed E-state index contributed by atoms with van der Waals surface area (Å²) in [5.41, 5.74) is 2.35. The Morgan fingerprint density at radius 1 is 1.33 bits per heavy atom. The fraction of sp³-hybridized carbons (Fsp3) is 0.412. The number of sulfone groups is 1. The maximum atomic E-state index is 12.6. The molecule has 0 aliphatic heterocycles. The summed E-state index contributed by atoms with van der Waals surface area (Å²) in [5.74, 6) is 0.110. The third-order valence-corrected chi connectivity index (χ3v) is 4.40. The molecule has 7 heteroatoms. The Kier molecular flexibility index (Phi) is 5.43. The SMILES string of the molecule is C=C(C)CN(CC)C(=O)Cn1c(CS(C)(=O)=O)nc2ccccc21. The molecule has 1 aromatic heterocycles. The summed E-state index contributed by atoms with van der Waals surface area (Å²) in [6, 6.07) is 7.34. The number of benzene rings is 1. The molecule has 0 aliphatic carbocycles. The molecule has 1 aromatic carbocycles. The van der Waals surface area contributed by atoms with Gasteiger partial charge in [-0.1, -0.05) is 24.3 Å². The first-order valence-corrected chi connectivity index (χ1v) is 9.81. The van der Waals surface area contributed by atoms with Gasteiger partial charge in [-0.3, -0.25) is 4.79 Å². The molecule has 2 rings (SSSR count). The van der Waals surface area contributed by atoms with E-state index in [2.05, 4.69) is 11.6 Å². The standard InChI is InChI=1S/C17H23N3O3S/c1-5-19(10-13(2)3)17(21)11-20-15-9-7-6-8-14(15)18-16(20)12-24(4,22)23/h6-9H,2,5,10-12H2,1,3-4H3. The molecule has 0 atom stereocenters. The lowest BCUT2D eigenvalue weighted by Gasteiger charge is -2.22. The van der Waals surface area contributed by atoms with E-state index in [4.69, 9.17) is 0 Å². The molecule has 0 spiro atoms. The van der Waals surface area contributed by atoms with Crippen LogP contribution in [0.3, 0.4) is 0 Å². The molecule has 0 radical (unpaired) electrons. The number of carbonyl (C=O) groups is 1. The number of hydrogen-bond acceptors (Lipinski definition) is 4. The number of aromatic nitrogens is 2. The van der Waals surface area contributed by atoms with Crippen LogP contribution < -0.4 is 0 Å². The predicted molar refractivity (Wildman–Crippen MR) is 95.3 cm³/mol. The van der Waals surface area contributed by atoms with Crippen LogP contribution in [-0.2, 0) is 26.9 Å². The number of likely N-dealkylation sites (N-methyl/N-ethyl adjacent to an activating group) is 1. The Labute approximate surface area is 142 Å². The van der Waals surface area contributed by atoms with Crippen LogP contribution in [0, 0.1) is 0 Å². The Hall–Kier alpha value is -2.15. The van der Waals surface area contributed by atoms with E-state index in [1.54, 1.807) is 9.47 Å². The molecule has 0 unspecified atom stereocenters. The zero-order chi connectivity index (χ0) is 17.9. The minimum absolute atomic E-state index is 0.0620. The molecule has 0 fully saturated rings. The van der Waals surface area contributed by atoms with Gasteiger partial charge in [-0.25, -0.2) is 13.4 Å². The molecule has 0 bridgehead atoms. The van der Waals surface area contributed by atoms with Gasteiger partial charge in [0.25, 0.3) is 0 Å². The van der Waals surface area contributed by atoms with E-state index < -0.39 is 9.84 Å². The number of fused-ring (bicyclic) bond motifs is 1. The molecular formula is C17H23N3O3S. The van der Waals surface area contributed by atoms with Crippen molar-refractivity contribution >= 4 is 26.8 Å². The third-order valence-electron chi connectivity index (χ3n) is 3.61. The second-order valence-corrected chi connectivity index (χ2v) is 8.18. The molecule has 0 saturated heterocycles. The lowest BCUT2D eigenvalue weighted by Crippen LogP contribution is -2.35. The highest BCUT2D eigenvalue weighted by Crippen LogP contribution is 2.18. The number of nitrogens with zero attached hydrogens (tertiary/aromatic N) is 3. The molecule has 24 heavy (non-hydrogen) atoms.